The lowest BCUT2D eigenvalue weighted by Crippen LogP contribution is -2.22. The minimum Gasteiger partial charge on any atom is -0.468 e. The maximum absolute atomic E-state index is 5.64. The largest absolute Gasteiger partial charge is 0.468 e. The molecule has 2 heterocycles. The summed E-state index contributed by atoms with van der Waals surface area (Å²) in [4.78, 5) is 2.50. The highest BCUT2D eigenvalue weighted by molar-refractivity contribution is 5.17. The van der Waals surface area contributed by atoms with Crippen molar-refractivity contribution in [2.75, 3.05) is 19.6 Å². The van der Waals surface area contributed by atoms with E-state index in [4.69, 9.17) is 4.42 Å². The average Bonchev–Trinajstić information content (AvgIpc) is 2.89. The molecule has 1 aliphatic heterocycles. The zero-order valence-electron chi connectivity index (χ0n) is 11.9. The van der Waals surface area contributed by atoms with Crippen molar-refractivity contribution >= 4 is 0 Å². The third kappa shape index (κ3) is 3.85. The van der Waals surface area contributed by atoms with Crippen LogP contribution in [-0.2, 0) is 13.1 Å². The van der Waals surface area contributed by atoms with Gasteiger partial charge in [0.05, 0.1) is 12.8 Å². The Hall–Kier alpha value is -0.800. The zero-order chi connectivity index (χ0) is 13.0. The van der Waals surface area contributed by atoms with E-state index >= 15 is 0 Å². The standard InChI is InChI=1S/C15H26N2O/c1-12(2)8-16-9-14-5-7-18-15(14)11-17-6-4-13(3)10-17/h5,7,12-13,16H,4,6,8-11H2,1-3H3. The lowest BCUT2D eigenvalue weighted by Gasteiger charge is -2.15. The fourth-order valence-electron chi connectivity index (χ4n) is 2.53. The zero-order valence-corrected chi connectivity index (χ0v) is 11.9. The normalized spacial score (nSPS) is 21.0. The van der Waals surface area contributed by atoms with E-state index in [1.807, 2.05) is 6.26 Å². The van der Waals surface area contributed by atoms with Gasteiger partial charge < -0.3 is 9.73 Å². The molecule has 0 amide bonds. The van der Waals surface area contributed by atoms with Crippen molar-refractivity contribution in [1.82, 2.24) is 10.2 Å². The number of furan rings is 1. The molecule has 0 aromatic carbocycles. The van der Waals surface area contributed by atoms with Crippen molar-refractivity contribution in [2.45, 2.75) is 40.3 Å². The first-order valence-corrected chi connectivity index (χ1v) is 7.13. The molecule has 1 fully saturated rings. The van der Waals surface area contributed by atoms with Gasteiger partial charge in [-0.25, -0.2) is 0 Å². The maximum Gasteiger partial charge on any atom is 0.122 e. The number of hydrogen-bond donors (Lipinski definition) is 1. The van der Waals surface area contributed by atoms with Crippen molar-refractivity contribution < 1.29 is 4.42 Å². The third-order valence-corrected chi connectivity index (χ3v) is 3.58. The van der Waals surface area contributed by atoms with Crippen LogP contribution in [0.25, 0.3) is 0 Å². The van der Waals surface area contributed by atoms with Gasteiger partial charge in [-0.15, -0.1) is 0 Å². The minimum atomic E-state index is 0.694. The predicted octanol–water partition coefficient (Wildman–Crippen LogP) is 2.87. The first-order valence-electron chi connectivity index (χ1n) is 7.13. The molecular weight excluding hydrogens is 224 g/mol. The smallest absolute Gasteiger partial charge is 0.122 e. The molecule has 0 radical (unpaired) electrons. The molecule has 1 unspecified atom stereocenters. The van der Waals surface area contributed by atoms with Gasteiger partial charge in [-0.3, -0.25) is 4.90 Å². The van der Waals surface area contributed by atoms with Crippen LogP contribution in [-0.4, -0.2) is 24.5 Å². The van der Waals surface area contributed by atoms with Crippen LogP contribution in [0.15, 0.2) is 16.7 Å². The molecule has 1 aromatic rings. The van der Waals surface area contributed by atoms with Gasteiger partial charge in [0.1, 0.15) is 5.76 Å². The lowest BCUT2D eigenvalue weighted by atomic mass is 10.2. The second-order valence-corrected chi connectivity index (χ2v) is 6.02. The second kappa shape index (κ2) is 6.39. The number of likely N-dealkylation sites (tertiary alicyclic amines) is 1. The summed E-state index contributed by atoms with van der Waals surface area (Å²) in [6.07, 6.45) is 3.14. The summed E-state index contributed by atoms with van der Waals surface area (Å²) in [7, 11) is 0. The van der Waals surface area contributed by atoms with E-state index in [2.05, 4.69) is 37.1 Å². The summed E-state index contributed by atoms with van der Waals surface area (Å²) in [5.74, 6) is 2.67. The lowest BCUT2D eigenvalue weighted by molar-refractivity contribution is 0.287. The van der Waals surface area contributed by atoms with Crippen molar-refractivity contribution in [3.63, 3.8) is 0 Å². The molecule has 0 saturated carbocycles. The Balaban J connectivity index is 1.83. The summed E-state index contributed by atoms with van der Waals surface area (Å²) in [6, 6.07) is 2.10. The Bertz CT molecular complexity index is 359. The molecular formula is C15H26N2O. The van der Waals surface area contributed by atoms with Gasteiger partial charge in [0, 0.05) is 18.7 Å². The van der Waals surface area contributed by atoms with E-state index in [-0.39, 0.29) is 0 Å². The van der Waals surface area contributed by atoms with Crippen LogP contribution in [0.4, 0.5) is 0 Å². The molecule has 0 aliphatic carbocycles. The molecule has 1 N–H and O–H groups in total. The summed E-state index contributed by atoms with van der Waals surface area (Å²) >= 11 is 0. The van der Waals surface area contributed by atoms with E-state index in [9.17, 15) is 0 Å². The first kappa shape index (κ1) is 13.6. The average molecular weight is 250 g/mol. The van der Waals surface area contributed by atoms with Crippen LogP contribution in [0.2, 0.25) is 0 Å². The van der Waals surface area contributed by atoms with Crippen LogP contribution in [0.1, 0.15) is 38.5 Å². The van der Waals surface area contributed by atoms with E-state index in [1.165, 1.54) is 25.1 Å². The highest BCUT2D eigenvalue weighted by Crippen LogP contribution is 2.20. The van der Waals surface area contributed by atoms with Crippen molar-refractivity contribution in [1.29, 1.82) is 0 Å². The minimum absolute atomic E-state index is 0.694. The molecule has 1 atom stereocenters. The topological polar surface area (TPSA) is 28.4 Å². The quantitative estimate of drug-likeness (QED) is 0.841. The highest BCUT2D eigenvalue weighted by atomic mass is 16.3. The van der Waals surface area contributed by atoms with E-state index in [0.29, 0.717) is 5.92 Å². The first-order chi connectivity index (χ1) is 8.65. The summed E-state index contributed by atoms with van der Waals surface area (Å²) in [5.41, 5.74) is 1.32. The summed E-state index contributed by atoms with van der Waals surface area (Å²) in [6.45, 7) is 12.2. The van der Waals surface area contributed by atoms with Crippen molar-refractivity contribution in [3.05, 3.63) is 23.7 Å². The predicted molar refractivity (Wildman–Crippen MR) is 74.3 cm³/mol. The van der Waals surface area contributed by atoms with Crippen LogP contribution in [0.3, 0.4) is 0 Å². The molecule has 102 valence electrons. The van der Waals surface area contributed by atoms with Crippen LogP contribution in [0.5, 0.6) is 0 Å². The van der Waals surface area contributed by atoms with Gasteiger partial charge in [-0.05, 0) is 37.4 Å². The van der Waals surface area contributed by atoms with Gasteiger partial charge in [0.2, 0.25) is 0 Å². The number of nitrogens with one attached hydrogen (secondary N) is 1. The molecule has 0 bridgehead atoms. The van der Waals surface area contributed by atoms with Crippen LogP contribution in [0, 0.1) is 11.8 Å². The van der Waals surface area contributed by atoms with E-state index in [1.54, 1.807) is 0 Å². The Labute approximate surface area is 111 Å². The van der Waals surface area contributed by atoms with Crippen LogP contribution < -0.4 is 5.32 Å². The summed E-state index contributed by atoms with van der Waals surface area (Å²) < 4.78 is 5.64. The van der Waals surface area contributed by atoms with Crippen molar-refractivity contribution in [3.8, 4) is 0 Å². The fraction of sp³-hybridized carbons (Fsp3) is 0.733. The molecule has 1 saturated heterocycles. The number of rotatable bonds is 6. The second-order valence-electron chi connectivity index (χ2n) is 6.02. The molecule has 1 aliphatic rings. The molecule has 0 spiro atoms. The Morgan fingerprint density at radius 2 is 2.33 bits per heavy atom. The Morgan fingerprint density at radius 1 is 1.50 bits per heavy atom. The number of hydrogen-bond acceptors (Lipinski definition) is 3. The Morgan fingerprint density at radius 3 is 3.00 bits per heavy atom. The molecule has 18 heavy (non-hydrogen) atoms. The van der Waals surface area contributed by atoms with Gasteiger partial charge in [0.25, 0.3) is 0 Å². The highest BCUT2D eigenvalue weighted by Gasteiger charge is 2.20. The fourth-order valence-corrected chi connectivity index (χ4v) is 2.53. The van der Waals surface area contributed by atoms with E-state index < -0.39 is 0 Å². The maximum atomic E-state index is 5.64. The monoisotopic (exact) mass is 250 g/mol. The summed E-state index contributed by atoms with van der Waals surface area (Å²) in [5, 5.41) is 3.48. The van der Waals surface area contributed by atoms with Crippen LogP contribution >= 0.6 is 0 Å². The molecule has 3 nitrogen and oxygen atoms in total. The van der Waals surface area contributed by atoms with Gasteiger partial charge in [0.15, 0.2) is 0 Å². The van der Waals surface area contributed by atoms with Gasteiger partial charge in [-0.2, -0.15) is 0 Å². The molecule has 1 aromatic heterocycles. The van der Waals surface area contributed by atoms with E-state index in [0.717, 1.165) is 31.3 Å². The van der Waals surface area contributed by atoms with Crippen molar-refractivity contribution in [2.24, 2.45) is 11.8 Å². The number of nitrogens with zero attached hydrogens (tertiary/aromatic N) is 1. The van der Waals surface area contributed by atoms with Gasteiger partial charge in [-0.1, -0.05) is 20.8 Å². The SMILES string of the molecule is CC(C)CNCc1ccoc1CN1CCC(C)C1. The van der Waals surface area contributed by atoms with Gasteiger partial charge >= 0.3 is 0 Å². The molecule has 2 rings (SSSR count). The Kier molecular flexibility index (Phi) is 4.84. The molecule has 3 heteroatoms. The third-order valence-electron chi connectivity index (χ3n) is 3.58.